The van der Waals surface area contributed by atoms with E-state index in [-0.39, 0.29) is 12.5 Å². The summed E-state index contributed by atoms with van der Waals surface area (Å²) in [6.45, 7) is 11.2. The van der Waals surface area contributed by atoms with Crippen LogP contribution in [0.4, 0.5) is 0 Å². The van der Waals surface area contributed by atoms with Crippen LogP contribution in [0.1, 0.15) is 47.2 Å². The number of hydrogen-bond acceptors (Lipinski definition) is 7. The summed E-state index contributed by atoms with van der Waals surface area (Å²) in [7, 11) is 0. The van der Waals surface area contributed by atoms with Gasteiger partial charge in [-0.15, -0.1) is 5.10 Å². The van der Waals surface area contributed by atoms with Crippen LogP contribution >= 0.6 is 0 Å². The van der Waals surface area contributed by atoms with Gasteiger partial charge in [0.1, 0.15) is 17.9 Å². The van der Waals surface area contributed by atoms with Gasteiger partial charge in [-0.3, -0.25) is 15.1 Å². The number of amides is 1. The lowest BCUT2D eigenvalue weighted by atomic mass is 10.2. The minimum absolute atomic E-state index is 0.0585. The maximum absolute atomic E-state index is 12.2. The standard InChI is InChI=1S/C23H28N8O2/c1-15(2)27-33-14-19-25-20-21(16(3)17(4)31-22(20)26-28-29-31)30(19)13-9-8-12-24-23(32)18-10-6-5-7-11-18/h5-7,10-11,27H,1,8-9,12-14H2,2-4H3,(H,24,32). The topological polar surface area (TPSA) is 111 Å². The molecule has 1 aromatic carbocycles. The summed E-state index contributed by atoms with van der Waals surface area (Å²) in [5.74, 6) is 0.711. The molecule has 3 heterocycles. The van der Waals surface area contributed by atoms with E-state index in [0.29, 0.717) is 23.5 Å². The Kier molecular flexibility index (Phi) is 6.64. The Hall–Kier alpha value is -3.79. The molecule has 0 saturated heterocycles. The lowest BCUT2D eigenvalue weighted by Gasteiger charge is -2.13. The van der Waals surface area contributed by atoms with E-state index in [2.05, 4.69) is 37.5 Å². The molecule has 0 fully saturated rings. The molecule has 33 heavy (non-hydrogen) atoms. The Morgan fingerprint density at radius 2 is 1.97 bits per heavy atom. The number of pyridine rings is 1. The van der Waals surface area contributed by atoms with E-state index < -0.39 is 0 Å². The second kappa shape index (κ2) is 9.78. The number of tetrazole rings is 1. The molecule has 4 rings (SSSR count). The number of carbonyl (C=O) groups is 1. The quantitative estimate of drug-likeness (QED) is 0.283. The summed E-state index contributed by atoms with van der Waals surface area (Å²) in [4.78, 5) is 22.6. The largest absolute Gasteiger partial charge is 0.352 e. The zero-order valence-corrected chi connectivity index (χ0v) is 19.1. The van der Waals surface area contributed by atoms with Crippen molar-refractivity contribution in [2.24, 2.45) is 0 Å². The van der Waals surface area contributed by atoms with Gasteiger partial charge in [-0.25, -0.2) is 4.98 Å². The van der Waals surface area contributed by atoms with E-state index in [1.165, 1.54) is 0 Å². The number of hydroxylamine groups is 1. The zero-order valence-electron chi connectivity index (χ0n) is 19.1. The van der Waals surface area contributed by atoms with Crippen LogP contribution in [0.25, 0.3) is 16.7 Å². The molecule has 0 saturated carbocycles. The van der Waals surface area contributed by atoms with Crippen LogP contribution in [0.2, 0.25) is 0 Å². The number of unbranched alkanes of at least 4 members (excludes halogenated alkanes) is 1. The first-order valence-electron chi connectivity index (χ1n) is 10.9. The van der Waals surface area contributed by atoms with E-state index in [1.54, 1.807) is 4.52 Å². The van der Waals surface area contributed by atoms with Crippen molar-refractivity contribution < 1.29 is 9.63 Å². The third-order valence-electron chi connectivity index (χ3n) is 5.52. The van der Waals surface area contributed by atoms with Crippen LogP contribution in [-0.2, 0) is 18.0 Å². The molecule has 0 atom stereocenters. The van der Waals surface area contributed by atoms with Crippen LogP contribution in [0, 0.1) is 13.8 Å². The number of benzene rings is 1. The first-order valence-corrected chi connectivity index (χ1v) is 10.9. The third kappa shape index (κ3) is 4.70. The van der Waals surface area contributed by atoms with Gasteiger partial charge in [0.2, 0.25) is 5.65 Å². The van der Waals surface area contributed by atoms with Crippen LogP contribution < -0.4 is 10.8 Å². The van der Waals surface area contributed by atoms with Gasteiger partial charge in [-0.05, 0) is 61.7 Å². The van der Waals surface area contributed by atoms with E-state index in [0.717, 1.165) is 47.5 Å². The fraction of sp³-hybridized carbons (Fsp3) is 0.348. The summed E-state index contributed by atoms with van der Waals surface area (Å²) in [5, 5.41) is 15.1. The smallest absolute Gasteiger partial charge is 0.251 e. The molecule has 10 nitrogen and oxygen atoms in total. The first-order chi connectivity index (χ1) is 16.0. The van der Waals surface area contributed by atoms with Crippen molar-refractivity contribution in [1.82, 2.24) is 40.4 Å². The molecule has 4 aromatic rings. The second-order valence-electron chi connectivity index (χ2n) is 8.00. The molecule has 0 aliphatic rings. The minimum atomic E-state index is -0.0585. The van der Waals surface area contributed by atoms with Gasteiger partial charge in [-0.2, -0.15) is 4.52 Å². The van der Waals surface area contributed by atoms with E-state index >= 15 is 0 Å². The van der Waals surface area contributed by atoms with Crippen molar-refractivity contribution >= 4 is 22.6 Å². The predicted molar refractivity (Wildman–Crippen MR) is 124 cm³/mol. The highest BCUT2D eigenvalue weighted by Gasteiger charge is 2.20. The molecular weight excluding hydrogens is 420 g/mol. The molecular formula is C23H28N8O2. The van der Waals surface area contributed by atoms with E-state index in [9.17, 15) is 4.79 Å². The van der Waals surface area contributed by atoms with Gasteiger partial charge in [0.15, 0.2) is 0 Å². The average Bonchev–Trinajstić information content (AvgIpc) is 3.43. The number of allylic oxidation sites excluding steroid dienone is 1. The second-order valence-corrected chi connectivity index (χ2v) is 8.00. The van der Waals surface area contributed by atoms with Crippen LogP contribution in [-0.4, -0.2) is 42.0 Å². The predicted octanol–water partition coefficient (Wildman–Crippen LogP) is 2.86. The Balaban J connectivity index is 1.51. The maximum Gasteiger partial charge on any atom is 0.251 e. The number of hydrogen-bond donors (Lipinski definition) is 2. The zero-order chi connectivity index (χ0) is 23.4. The molecule has 0 radical (unpaired) electrons. The van der Waals surface area contributed by atoms with Gasteiger partial charge in [-0.1, -0.05) is 24.8 Å². The number of carbonyl (C=O) groups excluding carboxylic acids is 1. The van der Waals surface area contributed by atoms with Gasteiger partial charge in [0.25, 0.3) is 5.91 Å². The van der Waals surface area contributed by atoms with Gasteiger partial charge in [0.05, 0.1) is 5.52 Å². The number of nitrogens with zero attached hydrogens (tertiary/aromatic N) is 6. The highest BCUT2D eigenvalue weighted by Crippen LogP contribution is 2.26. The van der Waals surface area contributed by atoms with Crippen molar-refractivity contribution in [2.75, 3.05) is 6.54 Å². The minimum Gasteiger partial charge on any atom is -0.352 e. The normalized spacial score (nSPS) is 11.2. The number of nitrogens with one attached hydrogen (secondary N) is 2. The number of aryl methyl sites for hydroxylation is 3. The lowest BCUT2D eigenvalue weighted by molar-refractivity contribution is 0.0438. The van der Waals surface area contributed by atoms with Crippen molar-refractivity contribution in [3.63, 3.8) is 0 Å². The summed E-state index contributed by atoms with van der Waals surface area (Å²) >= 11 is 0. The Labute approximate surface area is 191 Å². The number of aromatic nitrogens is 6. The van der Waals surface area contributed by atoms with Gasteiger partial charge >= 0.3 is 0 Å². The number of fused-ring (bicyclic) bond motifs is 3. The van der Waals surface area contributed by atoms with E-state index in [1.807, 2.05) is 51.1 Å². The maximum atomic E-state index is 12.2. The summed E-state index contributed by atoms with van der Waals surface area (Å²) in [5.41, 5.74) is 8.56. The number of imidazole rings is 1. The first kappa shape index (κ1) is 22.4. The van der Waals surface area contributed by atoms with Crippen LogP contribution in [0.3, 0.4) is 0 Å². The molecule has 172 valence electrons. The van der Waals surface area contributed by atoms with Gasteiger partial charge in [0, 0.05) is 30.0 Å². The SMILES string of the molecule is C=C(C)NOCc1nc2c(c(C)c(C)n3nnnc23)n1CCCCNC(=O)c1ccccc1. The van der Waals surface area contributed by atoms with Crippen LogP contribution in [0.5, 0.6) is 0 Å². The molecule has 0 bridgehead atoms. The van der Waals surface area contributed by atoms with Crippen molar-refractivity contribution in [3.8, 4) is 0 Å². The monoisotopic (exact) mass is 448 g/mol. The fourth-order valence-corrected chi connectivity index (χ4v) is 3.79. The molecule has 0 spiro atoms. The van der Waals surface area contributed by atoms with Crippen molar-refractivity contribution in [2.45, 2.75) is 46.8 Å². The molecule has 10 heteroatoms. The third-order valence-corrected chi connectivity index (χ3v) is 5.52. The summed E-state index contributed by atoms with van der Waals surface area (Å²) < 4.78 is 3.87. The molecule has 0 unspecified atom stereocenters. The Morgan fingerprint density at radius 1 is 1.18 bits per heavy atom. The highest BCUT2D eigenvalue weighted by atomic mass is 16.6. The number of rotatable bonds is 10. The fourth-order valence-electron chi connectivity index (χ4n) is 3.79. The average molecular weight is 449 g/mol. The van der Waals surface area contributed by atoms with Gasteiger partial charge < -0.3 is 9.88 Å². The highest BCUT2D eigenvalue weighted by molar-refractivity contribution is 5.94. The molecule has 1 amide bonds. The summed E-state index contributed by atoms with van der Waals surface area (Å²) in [6.07, 6.45) is 1.69. The van der Waals surface area contributed by atoms with E-state index in [4.69, 9.17) is 9.82 Å². The molecule has 3 aromatic heterocycles. The lowest BCUT2D eigenvalue weighted by Crippen LogP contribution is -2.24. The molecule has 0 aliphatic carbocycles. The summed E-state index contributed by atoms with van der Waals surface area (Å²) in [6, 6.07) is 9.23. The molecule has 0 aliphatic heterocycles. The van der Waals surface area contributed by atoms with Crippen LogP contribution in [0.15, 0.2) is 42.6 Å². The Morgan fingerprint density at radius 3 is 2.73 bits per heavy atom. The van der Waals surface area contributed by atoms with Crippen molar-refractivity contribution in [1.29, 1.82) is 0 Å². The van der Waals surface area contributed by atoms with Crippen molar-refractivity contribution in [3.05, 3.63) is 65.3 Å². The Bertz CT molecular complexity index is 1290. The molecule has 2 N–H and O–H groups in total.